The van der Waals surface area contributed by atoms with Gasteiger partial charge < -0.3 is 9.47 Å². The lowest BCUT2D eigenvalue weighted by Crippen LogP contribution is -2.43. The van der Waals surface area contributed by atoms with Gasteiger partial charge in [0.2, 0.25) is 5.91 Å². The number of nitrogens with zero attached hydrogens (tertiary/aromatic N) is 2. The maximum atomic E-state index is 13.3. The predicted molar refractivity (Wildman–Crippen MR) is 121 cm³/mol. The molecule has 6 heteroatoms. The van der Waals surface area contributed by atoms with Gasteiger partial charge in [0.1, 0.15) is 6.54 Å². The Morgan fingerprint density at radius 3 is 2.20 bits per heavy atom. The van der Waals surface area contributed by atoms with Crippen molar-refractivity contribution in [3.63, 3.8) is 0 Å². The Kier molecular flexibility index (Phi) is 6.36. The number of benzene rings is 2. The average Bonchev–Trinajstić information content (AvgIpc) is 3.02. The van der Waals surface area contributed by atoms with E-state index in [0.29, 0.717) is 5.39 Å². The summed E-state index contributed by atoms with van der Waals surface area (Å²) >= 11 is 0. The minimum absolute atomic E-state index is 0.0244. The van der Waals surface area contributed by atoms with Crippen molar-refractivity contribution in [1.29, 1.82) is 0 Å². The molecule has 5 nitrogen and oxygen atoms in total. The van der Waals surface area contributed by atoms with Crippen molar-refractivity contribution in [2.75, 3.05) is 0 Å². The van der Waals surface area contributed by atoms with Gasteiger partial charge in [0.15, 0.2) is 9.84 Å². The minimum Gasteiger partial charge on any atom is -0.337 e. The summed E-state index contributed by atoms with van der Waals surface area (Å²) in [6.07, 6.45) is 1.62. The summed E-state index contributed by atoms with van der Waals surface area (Å²) < 4.78 is 28.4. The van der Waals surface area contributed by atoms with Crippen LogP contribution in [-0.2, 0) is 26.9 Å². The lowest BCUT2D eigenvalue weighted by Gasteiger charge is -2.31. The second-order valence-corrected chi connectivity index (χ2v) is 10.3. The van der Waals surface area contributed by atoms with Gasteiger partial charge in [-0.05, 0) is 51.8 Å². The number of hydrogen-bond acceptors (Lipinski definition) is 3. The number of sulfone groups is 1. The molecule has 30 heavy (non-hydrogen) atoms. The summed E-state index contributed by atoms with van der Waals surface area (Å²) in [5.74, 6) is -0.0882. The van der Waals surface area contributed by atoms with E-state index in [1.54, 1.807) is 10.8 Å². The number of aryl methyl sites for hydroxylation is 1. The molecule has 160 valence electrons. The summed E-state index contributed by atoms with van der Waals surface area (Å²) in [5, 5.41) is 0.652. The van der Waals surface area contributed by atoms with Crippen LogP contribution in [0.4, 0.5) is 0 Å². The van der Waals surface area contributed by atoms with Crippen LogP contribution in [0.25, 0.3) is 10.9 Å². The summed E-state index contributed by atoms with van der Waals surface area (Å²) in [7, 11) is -3.58. The van der Waals surface area contributed by atoms with Gasteiger partial charge in [-0.15, -0.1) is 0 Å². The normalized spacial score (nSPS) is 12.1. The Morgan fingerprint density at radius 2 is 1.57 bits per heavy atom. The molecule has 2 aromatic carbocycles. The molecule has 0 N–H and O–H groups in total. The molecule has 0 radical (unpaired) electrons. The molecule has 0 fully saturated rings. The van der Waals surface area contributed by atoms with E-state index in [9.17, 15) is 13.2 Å². The van der Waals surface area contributed by atoms with Crippen molar-refractivity contribution >= 4 is 26.6 Å². The van der Waals surface area contributed by atoms with Crippen LogP contribution in [0.1, 0.15) is 38.8 Å². The highest BCUT2D eigenvalue weighted by Crippen LogP contribution is 2.29. The van der Waals surface area contributed by atoms with E-state index in [1.165, 1.54) is 0 Å². The summed E-state index contributed by atoms with van der Waals surface area (Å²) in [6, 6.07) is 15.0. The molecular weight excluding hydrogens is 396 g/mol. The van der Waals surface area contributed by atoms with E-state index in [2.05, 4.69) is 0 Å². The first kappa shape index (κ1) is 22.1. The fraction of sp³-hybridized carbons (Fsp3) is 0.375. The van der Waals surface area contributed by atoms with Crippen molar-refractivity contribution in [2.24, 2.45) is 0 Å². The Morgan fingerprint density at radius 1 is 0.967 bits per heavy atom. The van der Waals surface area contributed by atoms with E-state index in [1.807, 2.05) is 88.0 Å². The third kappa shape index (κ3) is 4.43. The van der Waals surface area contributed by atoms with Crippen molar-refractivity contribution < 1.29 is 13.2 Å². The summed E-state index contributed by atoms with van der Waals surface area (Å²) in [5.41, 5.74) is 2.49. The molecule has 1 aromatic heterocycles. The second-order valence-electron chi connectivity index (χ2n) is 8.31. The molecule has 0 aliphatic rings. The van der Waals surface area contributed by atoms with Crippen molar-refractivity contribution in [2.45, 2.75) is 63.9 Å². The smallest absolute Gasteiger partial charge is 0.242 e. The molecule has 0 saturated heterocycles. The predicted octanol–water partition coefficient (Wildman–Crippen LogP) is 4.57. The number of carbonyl (C=O) groups excluding carboxylic acids is 1. The number of carbonyl (C=O) groups is 1. The third-order valence-electron chi connectivity index (χ3n) is 5.40. The van der Waals surface area contributed by atoms with E-state index < -0.39 is 9.84 Å². The molecule has 0 spiro atoms. The lowest BCUT2D eigenvalue weighted by molar-refractivity contribution is -0.135. The van der Waals surface area contributed by atoms with Crippen LogP contribution in [0.5, 0.6) is 0 Å². The topological polar surface area (TPSA) is 59.4 Å². The van der Waals surface area contributed by atoms with Gasteiger partial charge in [-0.1, -0.05) is 42.5 Å². The first-order valence-corrected chi connectivity index (χ1v) is 11.9. The molecule has 3 rings (SSSR count). The van der Waals surface area contributed by atoms with Gasteiger partial charge in [-0.2, -0.15) is 0 Å². The highest BCUT2D eigenvalue weighted by Gasteiger charge is 2.25. The van der Waals surface area contributed by atoms with Gasteiger partial charge in [0, 0.05) is 29.2 Å². The Bertz CT molecular complexity index is 1150. The molecule has 0 aliphatic heterocycles. The number of amides is 1. The zero-order valence-electron chi connectivity index (χ0n) is 18.3. The zero-order valence-corrected chi connectivity index (χ0v) is 19.1. The fourth-order valence-corrected chi connectivity index (χ4v) is 5.73. The number of para-hydroxylation sites is 1. The summed E-state index contributed by atoms with van der Waals surface area (Å²) in [6.45, 7) is 9.98. The van der Waals surface area contributed by atoms with Crippen LogP contribution in [0.2, 0.25) is 0 Å². The lowest BCUT2D eigenvalue weighted by atomic mass is 10.1. The maximum Gasteiger partial charge on any atom is 0.242 e. The van der Waals surface area contributed by atoms with E-state index >= 15 is 0 Å². The van der Waals surface area contributed by atoms with E-state index in [-0.39, 0.29) is 35.2 Å². The van der Waals surface area contributed by atoms with Crippen LogP contribution >= 0.6 is 0 Å². The fourth-order valence-electron chi connectivity index (χ4n) is 4.05. The maximum absolute atomic E-state index is 13.3. The van der Waals surface area contributed by atoms with Crippen LogP contribution in [0.3, 0.4) is 0 Å². The molecule has 1 amide bonds. The third-order valence-corrected chi connectivity index (χ3v) is 7.09. The molecule has 0 atom stereocenters. The molecule has 3 aromatic rings. The van der Waals surface area contributed by atoms with Gasteiger partial charge >= 0.3 is 0 Å². The zero-order chi connectivity index (χ0) is 22.1. The second kappa shape index (κ2) is 8.64. The Hall–Kier alpha value is -2.60. The van der Waals surface area contributed by atoms with E-state index in [4.69, 9.17) is 0 Å². The van der Waals surface area contributed by atoms with Crippen molar-refractivity contribution in [3.05, 3.63) is 65.9 Å². The average molecular weight is 427 g/mol. The van der Waals surface area contributed by atoms with E-state index in [0.717, 1.165) is 16.6 Å². The molecular formula is C24H30N2O3S. The first-order chi connectivity index (χ1) is 14.1. The van der Waals surface area contributed by atoms with Crippen molar-refractivity contribution in [3.8, 4) is 0 Å². The standard InChI is InChI=1S/C24H30N2O3S/c1-17(2)26(18(3)4)24(27)15-25-14-23(21-12-8-9-13-22(21)25)30(28,29)16-20-11-7-6-10-19(20)5/h6-14,17-18H,15-16H2,1-5H3. The number of hydrogen-bond donors (Lipinski definition) is 0. The SMILES string of the molecule is Cc1ccccc1CS(=O)(=O)c1cn(CC(=O)N(C(C)C)C(C)C)c2ccccc12. The molecule has 0 bridgehead atoms. The number of fused-ring (bicyclic) bond motifs is 1. The highest BCUT2D eigenvalue weighted by atomic mass is 32.2. The minimum atomic E-state index is -3.58. The molecule has 0 aliphatic carbocycles. The number of rotatable bonds is 7. The van der Waals surface area contributed by atoms with Gasteiger partial charge in [-0.25, -0.2) is 8.42 Å². The molecule has 0 unspecified atom stereocenters. The highest BCUT2D eigenvalue weighted by molar-refractivity contribution is 7.90. The summed E-state index contributed by atoms with van der Waals surface area (Å²) in [4.78, 5) is 15.1. The first-order valence-electron chi connectivity index (χ1n) is 10.3. The van der Waals surface area contributed by atoms with Crippen LogP contribution in [0.15, 0.2) is 59.6 Å². The Labute approximate surface area is 179 Å². The number of aromatic nitrogens is 1. The van der Waals surface area contributed by atoms with Crippen LogP contribution in [-0.4, -0.2) is 35.9 Å². The van der Waals surface area contributed by atoms with Gasteiger partial charge in [0.05, 0.1) is 10.6 Å². The van der Waals surface area contributed by atoms with Gasteiger partial charge in [-0.3, -0.25) is 4.79 Å². The van der Waals surface area contributed by atoms with Crippen LogP contribution in [0, 0.1) is 6.92 Å². The monoisotopic (exact) mass is 426 g/mol. The Balaban J connectivity index is 2.02. The molecule has 1 heterocycles. The quantitative estimate of drug-likeness (QED) is 0.556. The van der Waals surface area contributed by atoms with Crippen LogP contribution < -0.4 is 0 Å². The largest absolute Gasteiger partial charge is 0.337 e. The molecule has 0 saturated carbocycles. The van der Waals surface area contributed by atoms with Gasteiger partial charge in [0.25, 0.3) is 0 Å². The van der Waals surface area contributed by atoms with Crippen molar-refractivity contribution in [1.82, 2.24) is 9.47 Å².